The van der Waals surface area contributed by atoms with Crippen molar-refractivity contribution in [2.45, 2.75) is 19.5 Å². The number of rotatable bonds is 8. The van der Waals surface area contributed by atoms with E-state index in [4.69, 9.17) is 25.8 Å². The van der Waals surface area contributed by atoms with Crippen LogP contribution in [0.4, 0.5) is 0 Å². The number of amides is 1. The van der Waals surface area contributed by atoms with Gasteiger partial charge in [0.15, 0.2) is 0 Å². The van der Waals surface area contributed by atoms with Crippen molar-refractivity contribution in [1.82, 2.24) is 4.90 Å². The average Bonchev–Trinajstić information content (AvgIpc) is 3.14. The second-order valence-electron chi connectivity index (χ2n) is 8.09. The Morgan fingerprint density at radius 3 is 2.33 bits per heavy atom. The van der Waals surface area contributed by atoms with Gasteiger partial charge in [0.1, 0.15) is 23.0 Å². The Labute approximate surface area is 214 Å². The SMILES string of the molecule is CCOc1ccc(C2/C(=C(\O)c3cc(OC)ccc3Cl)C(=O)C(=O)N2Cc2ccccc2OC)cc1. The fraction of sp³-hybridized carbons (Fsp3) is 0.214. The molecule has 3 aromatic rings. The lowest BCUT2D eigenvalue weighted by Crippen LogP contribution is -2.29. The van der Waals surface area contributed by atoms with Gasteiger partial charge in [-0.2, -0.15) is 0 Å². The summed E-state index contributed by atoms with van der Waals surface area (Å²) >= 11 is 6.37. The molecule has 7 nitrogen and oxygen atoms in total. The molecular weight excluding hydrogens is 482 g/mol. The number of hydrogen-bond donors (Lipinski definition) is 1. The van der Waals surface area contributed by atoms with Crippen molar-refractivity contribution in [3.8, 4) is 17.2 Å². The van der Waals surface area contributed by atoms with E-state index in [1.165, 1.54) is 18.1 Å². The minimum atomic E-state index is -0.868. The predicted molar refractivity (Wildman–Crippen MR) is 136 cm³/mol. The average molecular weight is 508 g/mol. The minimum Gasteiger partial charge on any atom is -0.507 e. The second kappa shape index (κ2) is 10.7. The fourth-order valence-corrected chi connectivity index (χ4v) is 4.48. The molecule has 0 aliphatic carbocycles. The number of nitrogens with zero attached hydrogens (tertiary/aromatic N) is 1. The van der Waals surface area contributed by atoms with Gasteiger partial charge in [0.25, 0.3) is 11.7 Å². The largest absolute Gasteiger partial charge is 0.507 e. The highest BCUT2D eigenvalue weighted by molar-refractivity contribution is 6.47. The number of para-hydroxylation sites is 1. The molecule has 1 aliphatic heterocycles. The van der Waals surface area contributed by atoms with Gasteiger partial charge < -0.3 is 24.2 Å². The number of Topliss-reactive ketones (excluding diaryl/α,β-unsaturated/α-hetero) is 1. The Morgan fingerprint density at radius 1 is 0.972 bits per heavy atom. The number of aliphatic hydroxyl groups excluding tert-OH is 1. The van der Waals surface area contributed by atoms with Crippen LogP contribution in [0.3, 0.4) is 0 Å². The van der Waals surface area contributed by atoms with Gasteiger partial charge in [0.2, 0.25) is 0 Å². The molecule has 186 valence electrons. The molecule has 1 heterocycles. The van der Waals surface area contributed by atoms with Crippen molar-refractivity contribution < 1.29 is 28.9 Å². The number of aliphatic hydroxyl groups is 1. The molecule has 1 saturated heterocycles. The smallest absolute Gasteiger partial charge is 0.295 e. The highest BCUT2D eigenvalue weighted by Crippen LogP contribution is 2.42. The molecule has 1 amide bonds. The van der Waals surface area contributed by atoms with E-state index in [2.05, 4.69) is 0 Å². The molecule has 0 saturated carbocycles. The number of ketones is 1. The first kappa shape index (κ1) is 25.1. The van der Waals surface area contributed by atoms with Gasteiger partial charge in [-0.15, -0.1) is 0 Å². The molecule has 1 aliphatic rings. The summed E-state index contributed by atoms with van der Waals surface area (Å²) in [7, 11) is 3.03. The number of benzene rings is 3. The topological polar surface area (TPSA) is 85.3 Å². The first-order chi connectivity index (χ1) is 17.4. The maximum Gasteiger partial charge on any atom is 0.295 e. The van der Waals surface area contributed by atoms with Gasteiger partial charge in [0.05, 0.1) is 44.0 Å². The van der Waals surface area contributed by atoms with Crippen molar-refractivity contribution in [2.75, 3.05) is 20.8 Å². The summed E-state index contributed by atoms with van der Waals surface area (Å²) in [6, 6.07) is 18.2. The number of hydrogen-bond acceptors (Lipinski definition) is 6. The van der Waals surface area contributed by atoms with E-state index in [-0.39, 0.29) is 28.5 Å². The highest BCUT2D eigenvalue weighted by atomic mass is 35.5. The molecule has 0 bridgehead atoms. The molecular formula is C28H26ClNO6. The van der Waals surface area contributed by atoms with Gasteiger partial charge in [-0.05, 0) is 48.9 Å². The van der Waals surface area contributed by atoms with Crippen molar-refractivity contribution in [2.24, 2.45) is 0 Å². The summed E-state index contributed by atoms with van der Waals surface area (Å²) in [5.74, 6) is -0.236. The maximum atomic E-state index is 13.4. The monoisotopic (exact) mass is 507 g/mol. The van der Waals surface area contributed by atoms with Crippen LogP contribution < -0.4 is 14.2 Å². The third kappa shape index (κ3) is 4.75. The quantitative estimate of drug-likeness (QED) is 0.250. The first-order valence-electron chi connectivity index (χ1n) is 11.4. The van der Waals surface area contributed by atoms with Gasteiger partial charge in [-0.25, -0.2) is 0 Å². The third-order valence-corrected chi connectivity index (χ3v) is 6.34. The van der Waals surface area contributed by atoms with E-state index in [9.17, 15) is 14.7 Å². The Kier molecular flexibility index (Phi) is 7.50. The van der Waals surface area contributed by atoms with Gasteiger partial charge in [-0.1, -0.05) is 41.9 Å². The first-order valence-corrected chi connectivity index (χ1v) is 11.7. The molecule has 0 spiro atoms. The molecule has 1 fully saturated rings. The summed E-state index contributed by atoms with van der Waals surface area (Å²) in [6.07, 6.45) is 0. The molecule has 3 aromatic carbocycles. The van der Waals surface area contributed by atoms with Gasteiger partial charge in [0, 0.05) is 11.1 Å². The van der Waals surface area contributed by atoms with Gasteiger partial charge >= 0.3 is 0 Å². The molecule has 0 radical (unpaired) electrons. The molecule has 8 heteroatoms. The number of carbonyl (C=O) groups excluding carboxylic acids is 2. The number of ether oxygens (including phenoxy) is 3. The van der Waals surface area contributed by atoms with Crippen LogP contribution in [0.5, 0.6) is 17.2 Å². The Bertz CT molecular complexity index is 1320. The van der Waals surface area contributed by atoms with Crippen LogP contribution in [0.15, 0.2) is 72.3 Å². The van der Waals surface area contributed by atoms with Crippen molar-refractivity contribution >= 4 is 29.1 Å². The molecule has 1 atom stereocenters. The number of carbonyl (C=O) groups is 2. The fourth-order valence-electron chi connectivity index (χ4n) is 4.28. The molecule has 36 heavy (non-hydrogen) atoms. The van der Waals surface area contributed by atoms with Crippen LogP contribution in [0, 0.1) is 0 Å². The van der Waals surface area contributed by atoms with Crippen molar-refractivity contribution in [3.05, 3.63) is 94.0 Å². The third-order valence-electron chi connectivity index (χ3n) is 6.01. The van der Waals surface area contributed by atoms with E-state index >= 15 is 0 Å². The van der Waals surface area contributed by atoms with Gasteiger partial charge in [-0.3, -0.25) is 9.59 Å². The lowest BCUT2D eigenvalue weighted by molar-refractivity contribution is -0.140. The van der Waals surface area contributed by atoms with E-state index in [0.717, 1.165) is 5.56 Å². The zero-order valence-corrected chi connectivity index (χ0v) is 20.9. The standard InChI is InChI=1S/C28H26ClNO6/c1-4-36-19-11-9-17(10-12-19)25-24(26(31)21-15-20(34-2)13-14-22(21)29)27(32)28(33)30(25)16-18-7-5-6-8-23(18)35-3/h5-15,25,31H,4,16H2,1-3H3/b26-24+. The summed E-state index contributed by atoms with van der Waals surface area (Å²) < 4.78 is 16.3. The van der Waals surface area contributed by atoms with Crippen LogP contribution in [0.25, 0.3) is 5.76 Å². The van der Waals surface area contributed by atoms with Crippen LogP contribution in [-0.2, 0) is 16.1 Å². The second-order valence-corrected chi connectivity index (χ2v) is 8.49. The summed E-state index contributed by atoms with van der Waals surface area (Å²) in [5.41, 5.74) is 1.49. The highest BCUT2D eigenvalue weighted by Gasteiger charge is 2.46. The Hall–Kier alpha value is -3.97. The zero-order chi connectivity index (χ0) is 25.8. The summed E-state index contributed by atoms with van der Waals surface area (Å²) in [6.45, 7) is 2.48. The number of likely N-dealkylation sites (tertiary alicyclic amines) is 1. The summed E-state index contributed by atoms with van der Waals surface area (Å²) in [5, 5.41) is 11.6. The van der Waals surface area contributed by atoms with Crippen molar-refractivity contribution in [3.63, 3.8) is 0 Å². The molecule has 0 aromatic heterocycles. The normalized spacial score (nSPS) is 16.8. The Morgan fingerprint density at radius 2 is 1.67 bits per heavy atom. The maximum absolute atomic E-state index is 13.4. The van der Waals surface area contributed by atoms with Crippen LogP contribution in [0.2, 0.25) is 5.02 Å². The number of methoxy groups -OCH3 is 2. The lowest BCUT2D eigenvalue weighted by atomic mass is 9.95. The van der Waals surface area contributed by atoms with Crippen LogP contribution >= 0.6 is 11.6 Å². The molecule has 1 N–H and O–H groups in total. The van der Waals surface area contributed by atoms with E-state index in [0.29, 0.717) is 29.4 Å². The Balaban J connectivity index is 1.88. The number of halogens is 1. The molecule has 1 unspecified atom stereocenters. The van der Waals surface area contributed by atoms with E-state index in [1.54, 1.807) is 49.6 Å². The summed E-state index contributed by atoms with van der Waals surface area (Å²) in [4.78, 5) is 28.1. The minimum absolute atomic E-state index is 0.0609. The van der Waals surface area contributed by atoms with Crippen molar-refractivity contribution in [1.29, 1.82) is 0 Å². The predicted octanol–water partition coefficient (Wildman–Crippen LogP) is 5.38. The zero-order valence-electron chi connectivity index (χ0n) is 20.2. The van der Waals surface area contributed by atoms with E-state index < -0.39 is 17.7 Å². The van der Waals surface area contributed by atoms with Crippen LogP contribution in [-0.4, -0.2) is 42.5 Å². The molecule has 4 rings (SSSR count). The van der Waals surface area contributed by atoms with Crippen LogP contribution in [0.1, 0.15) is 29.7 Å². The van der Waals surface area contributed by atoms with E-state index in [1.807, 2.05) is 25.1 Å². The lowest BCUT2D eigenvalue weighted by Gasteiger charge is -2.26.